The Morgan fingerprint density at radius 2 is 1.79 bits per heavy atom. The van der Waals surface area contributed by atoms with E-state index in [9.17, 15) is 4.79 Å². The minimum absolute atomic E-state index is 0.0226. The van der Waals surface area contributed by atoms with E-state index in [1.165, 1.54) is 25.7 Å². The van der Waals surface area contributed by atoms with Crippen molar-refractivity contribution in [3.8, 4) is 0 Å². The van der Waals surface area contributed by atoms with Crippen LogP contribution >= 0.6 is 0 Å². The summed E-state index contributed by atoms with van der Waals surface area (Å²) >= 11 is 0. The summed E-state index contributed by atoms with van der Waals surface area (Å²) in [5.74, 6) is -0.377. The van der Waals surface area contributed by atoms with E-state index in [4.69, 9.17) is 10.2 Å². The summed E-state index contributed by atoms with van der Waals surface area (Å²) in [6.07, 6.45) is 7.24. The van der Waals surface area contributed by atoms with Gasteiger partial charge in [0.1, 0.15) is 0 Å². The highest BCUT2D eigenvalue weighted by molar-refractivity contribution is 5.67. The van der Waals surface area contributed by atoms with Gasteiger partial charge in [-0.05, 0) is 11.8 Å². The zero-order chi connectivity index (χ0) is 10.4. The number of carbonyl (C=O) groups is 1. The van der Waals surface area contributed by atoms with Gasteiger partial charge in [-0.2, -0.15) is 0 Å². The van der Waals surface area contributed by atoms with E-state index in [1.807, 2.05) is 0 Å². The maximum Gasteiger partial charge on any atom is 0.303 e. The molecule has 0 radical (unpaired) electrons. The largest absolute Gasteiger partial charge is 0.481 e. The zero-order valence-electron chi connectivity index (χ0n) is 8.61. The lowest BCUT2D eigenvalue weighted by Gasteiger charge is -2.22. The van der Waals surface area contributed by atoms with E-state index < -0.39 is 5.97 Å². The molecule has 3 heteroatoms. The van der Waals surface area contributed by atoms with Gasteiger partial charge in [-0.25, -0.2) is 0 Å². The summed E-state index contributed by atoms with van der Waals surface area (Å²) in [6.45, 7) is 0.0248. The lowest BCUT2D eigenvalue weighted by Crippen LogP contribution is -2.21. The maximum atomic E-state index is 10.6. The highest BCUT2D eigenvalue weighted by Gasteiger charge is 2.23. The molecule has 1 aliphatic carbocycles. The monoisotopic (exact) mass is 200 g/mol. The SMILES string of the molecule is O=C(O)CC(CO)C1CCCCCC1. The topological polar surface area (TPSA) is 57.5 Å². The molecule has 1 fully saturated rings. The van der Waals surface area contributed by atoms with Gasteiger partial charge in [0.2, 0.25) is 0 Å². The van der Waals surface area contributed by atoms with E-state index in [0.29, 0.717) is 5.92 Å². The molecule has 0 heterocycles. The first-order valence-corrected chi connectivity index (χ1v) is 5.56. The fraction of sp³-hybridized carbons (Fsp3) is 0.909. The Balaban J connectivity index is 2.44. The zero-order valence-corrected chi connectivity index (χ0v) is 8.61. The minimum Gasteiger partial charge on any atom is -0.481 e. The first kappa shape index (κ1) is 11.5. The number of hydrogen-bond donors (Lipinski definition) is 2. The number of hydrogen-bond acceptors (Lipinski definition) is 2. The molecule has 0 bridgehead atoms. The molecular weight excluding hydrogens is 180 g/mol. The number of aliphatic carboxylic acids is 1. The van der Waals surface area contributed by atoms with Gasteiger partial charge in [-0.3, -0.25) is 4.79 Å². The molecule has 0 aromatic carbocycles. The fourth-order valence-corrected chi connectivity index (χ4v) is 2.39. The Labute approximate surface area is 85.1 Å². The van der Waals surface area contributed by atoms with Crippen molar-refractivity contribution in [3.05, 3.63) is 0 Å². The molecule has 1 saturated carbocycles. The first-order valence-electron chi connectivity index (χ1n) is 5.56. The van der Waals surface area contributed by atoms with Crippen LogP contribution in [0.5, 0.6) is 0 Å². The van der Waals surface area contributed by atoms with Crippen molar-refractivity contribution in [2.24, 2.45) is 11.8 Å². The predicted molar refractivity (Wildman–Crippen MR) is 54.0 cm³/mol. The van der Waals surface area contributed by atoms with Gasteiger partial charge < -0.3 is 10.2 Å². The molecule has 2 N–H and O–H groups in total. The lowest BCUT2D eigenvalue weighted by molar-refractivity contribution is -0.139. The Hall–Kier alpha value is -0.570. The molecule has 3 nitrogen and oxygen atoms in total. The standard InChI is InChI=1S/C11H20O3/c12-8-10(7-11(13)14)9-5-3-1-2-4-6-9/h9-10,12H,1-8H2,(H,13,14). The van der Waals surface area contributed by atoms with Crippen molar-refractivity contribution in [2.45, 2.75) is 44.9 Å². The number of aliphatic hydroxyl groups excluding tert-OH is 1. The van der Waals surface area contributed by atoms with Gasteiger partial charge in [0.25, 0.3) is 0 Å². The van der Waals surface area contributed by atoms with Crippen molar-refractivity contribution in [1.29, 1.82) is 0 Å². The average Bonchev–Trinajstić information content (AvgIpc) is 2.41. The molecule has 82 valence electrons. The van der Waals surface area contributed by atoms with Crippen molar-refractivity contribution < 1.29 is 15.0 Å². The van der Waals surface area contributed by atoms with Gasteiger partial charge in [0.05, 0.1) is 6.42 Å². The fourth-order valence-electron chi connectivity index (χ4n) is 2.39. The van der Waals surface area contributed by atoms with Crippen molar-refractivity contribution in [2.75, 3.05) is 6.61 Å². The Bertz CT molecular complexity index is 171. The van der Waals surface area contributed by atoms with Crippen LogP contribution in [-0.4, -0.2) is 22.8 Å². The third-order valence-corrected chi connectivity index (χ3v) is 3.24. The molecule has 1 unspecified atom stereocenters. The van der Waals surface area contributed by atoms with Crippen molar-refractivity contribution in [3.63, 3.8) is 0 Å². The highest BCUT2D eigenvalue weighted by atomic mass is 16.4. The number of rotatable bonds is 4. The third-order valence-electron chi connectivity index (χ3n) is 3.24. The first-order chi connectivity index (χ1) is 6.74. The summed E-state index contributed by atoms with van der Waals surface area (Å²) in [5, 5.41) is 17.9. The Kier molecular flexibility index (Phi) is 4.94. The van der Waals surface area contributed by atoms with Crippen LogP contribution in [0.1, 0.15) is 44.9 Å². The smallest absolute Gasteiger partial charge is 0.303 e. The summed E-state index contributed by atoms with van der Waals surface area (Å²) < 4.78 is 0. The Morgan fingerprint density at radius 1 is 1.21 bits per heavy atom. The maximum absolute atomic E-state index is 10.6. The normalized spacial score (nSPS) is 21.5. The molecule has 0 aromatic rings. The highest BCUT2D eigenvalue weighted by Crippen LogP contribution is 2.30. The van der Waals surface area contributed by atoms with E-state index in [-0.39, 0.29) is 18.9 Å². The van der Waals surface area contributed by atoms with Gasteiger partial charge in [-0.1, -0.05) is 38.5 Å². The van der Waals surface area contributed by atoms with E-state index >= 15 is 0 Å². The summed E-state index contributed by atoms with van der Waals surface area (Å²) in [7, 11) is 0. The molecule has 0 spiro atoms. The number of aliphatic hydroxyl groups is 1. The van der Waals surface area contributed by atoms with E-state index in [1.54, 1.807) is 0 Å². The van der Waals surface area contributed by atoms with Crippen molar-refractivity contribution >= 4 is 5.97 Å². The molecule has 1 rings (SSSR count). The number of carboxylic acid groups (broad SMARTS) is 1. The molecule has 1 atom stereocenters. The molecule has 1 aliphatic rings. The van der Waals surface area contributed by atoms with E-state index in [0.717, 1.165) is 12.8 Å². The molecule has 0 aromatic heterocycles. The average molecular weight is 200 g/mol. The summed E-state index contributed by atoms with van der Waals surface area (Å²) in [5.41, 5.74) is 0. The van der Waals surface area contributed by atoms with Crippen LogP contribution in [0.3, 0.4) is 0 Å². The Morgan fingerprint density at radius 3 is 2.21 bits per heavy atom. The van der Waals surface area contributed by atoms with Gasteiger partial charge >= 0.3 is 5.97 Å². The lowest BCUT2D eigenvalue weighted by atomic mass is 9.84. The molecule has 0 aliphatic heterocycles. The van der Waals surface area contributed by atoms with Crippen LogP contribution in [0.25, 0.3) is 0 Å². The van der Waals surface area contributed by atoms with Gasteiger partial charge in [-0.15, -0.1) is 0 Å². The molecule has 0 amide bonds. The van der Waals surface area contributed by atoms with E-state index in [2.05, 4.69) is 0 Å². The summed E-state index contributed by atoms with van der Waals surface area (Å²) in [6, 6.07) is 0. The molecular formula is C11H20O3. The van der Waals surface area contributed by atoms with Crippen LogP contribution in [-0.2, 0) is 4.79 Å². The second kappa shape index (κ2) is 6.02. The second-order valence-electron chi connectivity index (χ2n) is 4.29. The van der Waals surface area contributed by atoms with Crippen molar-refractivity contribution in [1.82, 2.24) is 0 Å². The van der Waals surface area contributed by atoms with Crippen LogP contribution in [0.4, 0.5) is 0 Å². The number of carboxylic acids is 1. The van der Waals surface area contributed by atoms with Gasteiger partial charge in [0.15, 0.2) is 0 Å². The minimum atomic E-state index is -0.784. The second-order valence-corrected chi connectivity index (χ2v) is 4.29. The predicted octanol–water partition coefficient (Wildman–Crippen LogP) is 2.04. The molecule has 0 saturated heterocycles. The quantitative estimate of drug-likeness (QED) is 0.683. The van der Waals surface area contributed by atoms with Crippen LogP contribution in [0.2, 0.25) is 0 Å². The summed E-state index contributed by atoms with van der Waals surface area (Å²) in [4.78, 5) is 10.6. The molecule has 14 heavy (non-hydrogen) atoms. The third kappa shape index (κ3) is 3.66. The van der Waals surface area contributed by atoms with Crippen LogP contribution in [0.15, 0.2) is 0 Å². The van der Waals surface area contributed by atoms with Crippen LogP contribution < -0.4 is 0 Å². The van der Waals surface area contributed by atoms with Crippen LogP contribution in [0, 0.1) is 11.8 Å². The van der Waals surface area contributed by atoms with Gasteiger partial charge in [0, 0.05) is 6.61 Å².